The van der Waals surface area contributed by atoms with Gasteiger partial charge in [-0.2, -0.15) is 0 Å². The number of imidazole rings is 2. The van der Waals surface area contributed by atoms with Crippen LogP contribution in [0.4, 0.5) is 0 Å². The fraction of sp³-hybridized carbons (Fsp3) is 0.182. The summed E-state index contributed by atoms with van der Waals surface area (Å²) in [6.45, 7) is 4.86. The maximum absolute atomic E-state index is 12.0. The van der Waals surface area contributed by atoms with E-state index in [-0.39, 0.29) is 12.4 Å². The first-order chi connectivity index (χ1) is 19.0. The molecule has 1 N–H and O–H groups in total. The fourth-order valence-electron chi connectivity index (χ4n) is 5.56. The van der Waals surface area contributed by atoms with Crippen molar-refractivity contribution in [2.75, 3.05) is 0 Å². The number of para-hydroxylation sites is 2. The molecular weight excluding hydrogens is 520 g/mol. The molecule has 6 nitrogen and oxygen atoms in total. The zero-order valence-electron chi connectivity index (χ0n) is 22.8. The smallest absolute Gasteiger partial charge is 0.336 e. The molecule has 0 aliphatic heterocycles. The van der Waals surface area contributed by atoms with Crippen molar-refractivity contribution in [3.05, 3.63) is 107 Å². The Morgan fingerprint density at radius 2 is 1.57 bits per heavy atom. The topological polar surface area (TPSA) is 72.9 Å². The minimum atomic E-state index is -0.928. The lowest BCUT2D eigenvalue weighted by molar-refractivity contribution is 0.0697. The molecule has 6 rings (SSSR count). The average molecular weight is 551 g/mol. The molecule has 0 bridgehead atoms. The fourth-order valence-corrected chi connectivity index (χ4v) is 5.56. The standard InChI is InChI=1S/C33H30N4O2.ClH/c1-4-11-30-35-31-21(2)18-23(32-34-27-16-9-10-17-28(27)36(32)3)19-29(31)37(30)20-22-12-5-6-13-24(22)25-14-7-8-15-26(25)33(38)39;/h5-10,12-19H,4,11,20H2,1-3H3,(H,38,39);1H. The molecule has 2 aromatic heterocycles. The summed E-state index contributed by atoms with van der Waals surface area (Å²) in [7, 11) is 2.06. The highest BCUT2D eigenvalue weighted by atomic mass is 35.5. The molecule has 202 valence electrons. The summed E-state index contributed by atoms with van der Waals surface area (Å²) in [5.41, 5.74) is 9.26. The van der Waals surface area contributed by atoms with E-state index in [9.17, 15) is 9.90 Å². The summed E-state index contributed by atoms with van der Waals surface area (Å²) >= 11 is 0. The van der Waals surface area contributed by atoms with E-state index in [1.807, 2.05) is 48.5 Å². The molecule has 4 aromatic carbocycles. The Bertz CT molecular complexity index is 1870. The van der Waals surface area contributed by atoms with Crippen molar-refractivity contribution < 1.29 is 9.90 Å². The Labute approximate surface area is 239 Å². The molecule has 0 spiro atoms. The van der Waals surface area contributed by atoms with Gasteiger partial charge in [0, 0.05) is 25.6 Å². The number of aryl methyl sites for hydroxylation is 3. The van der Waals surface area contributed by atoms with Crippen LogP contribution in [-0.4, -0.2) is 30.2 Å². The van der Waals surface area contributed by atoms with Crippen LogP contribution >= 0.6 is 12.4 Å². The number of halogens is 1. The molecule has 7 heteroatoms. The first-order valence-corrected chi connectivity index (χ1v) is 13.3. The number of benzene rings is 4. The highest BCUT2D eigenvalue weighted by Gasteiger charge is 2.19. The molecule has 0 radical (unpaired) electrons. The quantitative estimate of drug-likeness (QED) is 0.221. The molecular formula is C33H31ClN4O2. The van der Waals surface area contributed by atoms with Crippen LogP contribution in [0.25, 0.3) is 44.6 Å². The van der Waals surface area contributed by atoms with Crippen LogP contribution in [0.3, 0.4) is 0 Å². The number of carboxylic acids is 1. The van der Waals surface area contributed by atoms with Crippen molar-refractivity contribution in [2.24, 2.45) is 7.05 Å². The predicted molar refractivity (Wildman–Crippen MR) is 163 cm³/mol. The number of carboxylic acid groups (broad SMARTS) is 1. The molecule has 40 heavy (non-hydrogen) atoms. The normalized spacial score (nSPS) is 11.2. The molecule has 0 fully saturated rings. The van der Waals surface area contributed by atoms with Gasteiger partial charge in [0.2, 0.25) is 0 Å². The summed E-state index contributed by atoms with van der Waals surface area (Å²) in [4.78, 5) is 22.0. The van der Waals surface area contributed by atoms with Crippen molar-refractivity contribution in [3.8, 4) is 22.5 Å². The molecule has 0 saturated carbocycles. The van der Waals surface area contributed by atoms with Crippen LogP contribution < -0.4 is 0 Å². The van der Waals surface area contributed by atoms with Crippen molar-refractivity contribution in [3.63, 3.8) is 0 Å². The summed E-state index contributed by atoms with van der Waals surface area (Å²) in [5.74, 6) is 1.02. The van der Waals surface area contributed by atoms with E-state index in [4.69, 9.17) is 9.97 Å². The average Bonchev–Trinajstić information content (AvgIpc) is 3.47. The third-order valence-corrected chi connectivity index (χ3v) is 7.44. The second-order valence-electron chi connectivity index (χ2n) is 10.0. The van der Waals surface area contributed by atoms with Gasteiger partial charge in [-0.1, -0.05) is 61.5 Å². The van der Waals surface area contributed by atoms with E-state index in [0.29, 0.717) is 12.1 Å². The molecule has 6 aromatic rings. The molecule has 0 aliphatic rings. The third kappa shape index (κ3) is 4.65. The van der Waals surface area contributed by atoms with Crippen LogP contribution in [0.15, 0.2) is 84.9 Å². The Morgan fingerprint density at radius 1 is 0.875 bits per heavy atom. The van der Waals surface area contributed by atoms with Crippen LogP contribution in [0.5, 0.6) is 0 Å². The van der Waals surface area contributed by atoms with E-state index in [0.717, 1.165) is 74.4 Å². The van der Waals surface area contributed by atoms with Crippen molar-refractivity contribution in [1.29, 1.82) is 0 Å². The van der Waals surface area contributed by atoms with Crippen LogP contribution in [0.2, 0.25) is 0 Å². The molecule has 2 heterocycles. The number of rotatable bonds is 7. The number of aromatic carboxylic acids is 1. The van der Waals surface area contributed by atoms with Gasteiger partial charge in [-0.15, -0.1) is 12.4 Å². The molecule has 0 amide bonds. The number of nitrogens with zero attached hydrogens (tertiary/aromatic N) is 4. The number of carbonyl (C=O) groups is 1. The van der Waals surface area contributed by atoms with Crippen LogP contribution in [-0.2, 0) is 20.0 Å². The Balaban J connectivity index is 0.00000323. The Kier molecular flexibility index (Phi) is 7.46. The van der Waals surface area contributed by atoms with Crippen molar-refractivity contribution in [1.82, 2.24) is 19.1 Å². The largest absolute Gasteiger partial charge is 0.478 e. The molecule has 0 unspecified atom stereocenters. The number of fused-ring (bicyclic) bond motifs is 2. The van der Waals surface area contributed by atoms with Gasteiger partial charge in [-0.25, -0.2) is 14.8 Å². The third-order valence-electron chi connectivity index (χ3n) is 7.44. The number of hydrogen-bond donors (Lipinski definition) is 1. The minimum Gasteiger partial charge on any atom is -0.478 e. The lowest BCUT2D eigenvalue weighted by Gasteiger charge is -2.15. The molecule has 0 atom stereocenters. The maximum atomic E-state index is 12.0. The van der Waals surface area contributed by atoms with Crippen LogP contribution in [0, 0.1) is 6.92 Å². The van der Waals surface area contributed by atoms with E-state index in [2.05, 4.69) is 54.3 Å². The van der Waals surface area contributed by atoms with E-state index < -0.39 is 5.97 Å². The summed E-state index contributed by atoms with van der Waals surface area (Å²) < 4.78 is 4.43. The van der Waals surface area contributed by atoms with E-state index in [1.165, 1.54) is 0 Å². The second kappa shape index (κ2) is 11.0. The van der Waals surface area contributed by atoms with Gasteiger partial charge >= 0.3 is 5.97 Å². The van der Waals surface area contributed by atoms with Gasteiger partial charge in [0.15, 0.2) is 0 Å². The molecule has 0 saturated heterocycles. The maximum Gasteiger partial charge on any atom is 0.336 e. The second-order valence-corrected chi connectivity index (χ2v) is 10.0. The van der Waals surface area contributed by atoms with Gasteiger partial charge in [0.05, 0.1) is 27.6 Å². The zero-order chi connectivity index (χ0) is 27.1. The van der Waals surface area contributed by atoms with Crippen molar-refractivity contribution >= 4 is 40.4 Å². The zero-order valence-corrected chi connectivity index (χ0v) is 23.6. The number of aromatic nitrogens is 4. The monoisotopic (exact) mass is 550 g/mol. The summed E-state index contributed by atoms with van der Waals surface area (Å²) in [6.07, 6.45) is 1.83. The lowest BCUT2D eigenvalue weighted by atomic mass is 9.95. The van der Waals surface area contributed by atoms with E-state index >= 15 is 0 Å². The van der Waals surface area contributed by atoms with Gasteiger partial charge < -0.3 is 14.2 Å². The predicted octanol–water partition coefficient (Wildman–Crippen LogP) is 7.69. The van der Waals surface area contributed by atoms with E-state index in [1.54, 1.807) is 12.1 Å². The van der Waals surface area contributed by atoms with Gasteiger partial charge in [0.1, 0.15) is 11.6 Å². The highest BCUT2D eigenvalue weighted by Crippen LogP contribution is 2.33. The minimum absolute atomic E-state index is 0. The highest BCUT2D eigenvalue weighted by molar-refractivity contribution is 5.96. The van der Waals surface area contributed by atoms with Gasteiger partial charge in [-0.3, -0.25) is 0 Å². The Hall–Kier alpha value is -4.42. The number of hydrogen-bond acceptors (Lipinski definition) is 3. The first kappa shape index (κ1) is 27.2. The van der Waals surface area contributed by atoms with Crippen LogP contribution in [0.1, 0.15) is 40.7 Å². The first-order valence-electron chi connectivity index (χ1n) is 13.3. The van der Waals surface area contributed by atoms with Gasteiger partial charge in [-0.05, 0) is 65.9 Å². The SMILES string of the molecule is CCCc1nc2c(C)cc(-c3nc4ccccc4n3C)cc2n1Cc1ccccc1-c1ccccc1C(=O)O.Cl. The summed E-state index contributed by atoms with van der Waals surface area (Å²) in [5, 5.41) is 9.85. The van der Waals surface area contributed by atoms with Crippen molar-refractivity contribution in [2.45, 2.75) is 33.2 Å². The summed E-state index contributed by atoms with van der Waals surface area (Å²) in [6, 6.07) is 27.8. The lowest BCUT2D eigenvalue weighted by Crippen LogP contribution is -2.07. The molecule has 0 aliphatic carbocycles. The van der Waals surface area contributed by atoms with Gasteiger partial charge in [0.25, 0.3) is 0 Å². The Morgan fingerprint density at radius 3 is 2.33 bits per heavy atom.